The highest BCUT2D eigenvalue weighted by Crippen LogP contribution is 2.15. The second-order valence-electron chi connectivity index (χ2n) is 6.46. The van der Waals surface area contributed by atoms with Crippen LogP contribution in [0.4, 0.5) is 0 Å². The second kappa shape index (κ2) is 7.01. The molecule has 3 aromatic rings. The molecule has 0 saturated carbocycles. The summed E-state index contributed by atoms with van der Waals surface area (Å²) in [5, 5.41) is 8.00. The summed E-state index contributed by atoms with van der Waals surface area (Å²) in [6, 6.07) is 11.3. The number of benzene rings is 1. The maximum absolute atomic E-state index is 12.7. The van der Waals surface area contributed by atoms with E-state index in [0.29, 0.717) is 25.1 Å². The van der Waals surface area contributed by atoms with Gasteiger partial charge < -0.3 is 4.90 Å². The van der Waals surface area contributed by atoms with Gasteiger partial charge >= 0.3 is 0 Å². The van der Waals surface area contributed by atoms with Crippen molar-refractivity contribution in [1.82, 2.24) is 19.6 Å². The van der Waals surface area contributed by atoms with Crippen molar-refractivity contribution in [2.24, 2.45) is 0 Å². The molecular formula is C19H20N4O2S. The summed E-state index contributed by atoms with van der Waals surface area (Å²) < 4.78 is 1.54. The zero-order valence-electron chi connectivity index (χ0n) is 14.6. The fraction of sp³-hybridized carbons (Fsp3) is 0.316. The van der Waals surface area contributed by atoms with Crippen molar-refractivity contribution in [2.45, 2.75) is 13.6 Å². The van der Waals surface area contributed by atoms with E-state index in [1.807, 2.05) is 53.6 Å². The Labute approximate surface area is 155 Å². The van der Waals surface area contributed by atoms with E-state index in [4.69, 9.17) is 0 Å². The lowest BCUT2D eigenvalue weighted by Crippen LogP contribution is -2.49. The van der Waals surface area contributed by atoms with Gasteiger partial charge in [0.15, 0.2) is 0 Å². The molecule has 2 aromatic heterocycles. The van der Waals surface area contributed by atoms with E-state index in [1.54, 1.807) is 0 Å². The van der Waals surface area contributed by atoms with Crippen LogP contribution in [0.25, 0.3) is 10.8 Å². The van der Waals surface area contributed by atoms with Crippen LogP contribution < -0.4 is 5.56 Å². The number of thiophene rings is 1. The number of carbonyl (C=O) groups excluding carboxylic acids is 1. The van der Waals surface area contributed by atoms with E-state index in [0.717, 1.165) is 29.0 Å². The smallest absolute Gasteiger partial charge is 0.275 e. The number of hydrogen-bond acceptors (Lipinski definition) is 5. The summed E-state index contributed by atoms with van der Waals surface area (Å²) in [5.74, 6) is 0.0940. The molecule has 6 nitrogen and oxygen atoms in total. The average molecular weight is 368 g/mol. The number of rotatable bonds is 3. The molecular weight excluding hydrogens is 348 g/mol. The number of piperazine rings is 1. The SMILES string of the molecule is Cc1nn(CN2CCN(C(=O)c3cccs3)CC2)c(=O)c2ccccc12. The van der Waals surface area contributed by atoms with Crippen LogP contribution in [-0.4, -0.2) is 51.7 Å². The molecule has 0 bridgehead atoms. The van der Waals surface area contributed by atoms with Gasteiger partial charge in [-0.15, -0.1) is 11.3 Å². The van der Waals surface area contributed by atoms with Crippen LogP contribution in [0.15, 0.2) is 46.6 Å². The van der Waals surface area contributed by atoms with Crippen molar-refractivity contribution in [3.8, 4) is 0 Å². The third-order valence-electron chi connectivity index (χ3n) is 4.78. The van der Waals surface area contributed by atoms with Crippen LogP contribution >= 0.6 is 11.3 Å². The molecule has 0 radical (unpaired) electrons. The zero-order chi connectivity index (χ0) is 18.1. The monoisotopic (exact) mass is 368 g/mol. The van der Waals surface area contributed by atoms with E-state index in [1.165, 1.54) is 16.0 Å². The lowest BCUT2D eigenvalue weighted by molar-refractivity contribution is 0.0587. The Morgan fingerprint density at radius 1 is 1.08 bits per heavy atom. The van der Waals surface area contributed by atoms with E-state index < -0.39 is 0 Å². The number of amides is 1. The van der Waals surface area contributed by atoms with Crippen molar-refractivity contribution >= 4 is 28.0 Å². The minimum atomic E-state index is -0.0664. The maximum atomic E-state index is 12.7. The van der Waals surface area contributed by atoms with Gasteiger partial charge in [0.2, 0.25) is 0 Å². The van der Waals surface area contributed by atoms with Gasteiger partial charge in [-0.1, -0.05) is 24.3 Å². The van der Waals surface area contributed by atoms with Gasteiger partial charge in [-0.25, -0.2) is 4.68 Å². The van der Waals surface area contributed by atoms with Gasteiger partial charge in [-0.05, 0) is 24.4 Å². The van der Waals surface area contributed by atoms with Crippen molar-refractivity contribution < 1.29 is 4.79 Å². The predicted octanol–water partition coefficient (Wildman–Crippen LogP) is 2.18. The van der Waals surface area contributed by atoms with Crippen molar-refractivity contribution in [3.05, 3.63) is 62.7 Å². The average Bonchev–Trinajstić information content (AvgIpc) is 3.21. The maximum Gasteiger partial charge on any atom is 0.275 e. The Balaban J connectivity index is 1.47. The van der Waals surface area contributed by atoms with Crippen LogP contribution in [0.5, 0.6) is 0 Å². The van der Waals surface area contributed by atoms with Crippen LogP contribution in [0.2, 0.25) is 0 Å². The molecule has 4 rings (SSSR count). The summed E-state index contributed by atoms with van der Waals surface area (Å²) in [4.78, 5) is 29.9. The van der Waals surface area contributed by atoms with Gasteiger partial charge in [-0.2, -0.15) is 5.10 Å². The fourth-order valence-electron chi connectivity index (χ4n) is 3.34. The number of carbonyl (C=O) groups is 1. The minimum absolute atomic E-state index is 0.0664. The fourth-order valence-corrected chi connectivity index (χ4v) is 4.03. The second-order valence-corrected chi connectivity index (χ2v) is 7.41. The molecule has 1 aromatic carbocycles. The summed E-state index contributed by atoms with van der Waals surface area (Å²) >= 11 is 1.47. The molecule has 3 heterocycles. The van der Waals surface area contributed by atoms with Gasteiger partial charge in [0, 0.05) is 31.6 Å². The van der Waals surface area contributed by atoms with Gasteiger partial charge in [0.25, 0.3) is 11.5 Å². The summed E-state index contributed by atoms with van der Waals surface area (Å²) in [7, 11) is 0. The summed E-state index contributed by atoms with van der Waals surface area (Å²) in [5.41, 5.74) is 0.787. The zero-order valence-corrected chi connectivity index (χ0v) is 15.4. The van der Waals surface area contributed by atoms with Crippen LogP contribution in [0, 0.1) is 6.92 Å². The molecule has 1 amide bonds. The van der Waals surface area contributed by atoms with Crippen molar-refractivity contribution in [2.75, 3.05) is 26.2 Å². The molecule has 134 valence electrons. The molecule has 0 spiro atoms. The highest BCUT2D eigenvalue weighted by atomic mass is 32.1. The first kappa shape index (κ1) is 16.9. The lowest BCUT2D eigenvalue weighted by atomic mass is 10.1. The molecule has 1 aliphatic rings. The lowest BCUT2D eigenvalue weighted by Gasteiger charge is -2.34. The van der Waals surface area contributed by atoms with Crippen molar-refractivity contribution in [3.63, 3.8) is 0 Å². The van der Waals surface area contributed by atoms with E-state index in [2.05, 4.69) is 10.00 Å². The Bertz CT molecular complexity index is 988. The van der Waals surface area contributed by atoms with Crippen LogP contribution in [0.1, 0.15) is 15.4 Å². The van der Waals surface area contributed by atoms with E-state index in [9.17, 15) is 9.59 Å². The predicted molar refractivity (Wildman–Crippen MR) is 103 cm³/mol. The first-order chi connectivity index (χ1) is 12.6. The number of aromatic nitrogens is 2. The van der Waals surface area contributed by atoms with Crippen molar-refractivity contribution in [1.29, 1.82) is 0 Å². The topological polar surface area (TPSA) is 58.4 Å². The number of fused-ring (bicyclic) bond motifs is 1. The third kappa shape index (κ3) is 3.15. The summed E-state index contributed by atoms with van der Waals surface area (Å²) in [6.07, 6.45) is 0. The molecule has 0 aliphatic carbocycles. The van der Waals surface area contributed by atoms with Gasteiger partial charge in [0.1, 0.15) is 0 Å². The van der Waals surface area contributed by atoms with Crippen LogP contribution in [-0.2, 0) is 6.67 Å². The molecule has 26 heavy (non-hydrogen) atoms. The van der Waals surface area contributed by atoms with Gasteiger partial charge in [0.05, 0.1) is 22.6 Å². The Hall–Kier alpha value is -2.51. The molecule has 1 aliphatic heterocycles. The standard InChI is InChI=1S/C19H20N4O2S/c1-14-15-5-2-3-6-16(15)18(24)23(20-14)13-21-8-10-22(11-9-21)19(25)17-7-4-12-26-17/h2-7,12H,8-11,13H2,1H3. The molecule has 1 fully saturated rings. The first-order valence-electron chi connectivity index (χ1n) is 8.65. The Morgan fingerprint density at radius 3 is 2.50 bits per heavy atom. The number of hydrogen-bond donors (Lipinski definition) is 0. The molecule has 0 atom stereocenters. The highest BCUT2D eigenvalue weighted by molar-refractivity contribution is 7.12. The van der Waals surface area contributed by atoms with Crippen LogP contribution in [0.3, 0.4) is 0 Å². The molecule has 0 N–H and O–H groups in total. The van der Waals surface area contributed by atoms with E-state index >= 15 is 0 Å². The number of nitrogens with zero attached hydrogens (tertiary/aromatic N) is 4. The normalized spacial score (nSPS) is 15.5. The molecule has 0 unspecified atom stereocenters. The van der Waals surface area contributed by atoms with E-state index in [-0.39, 0.29) is 11.5 Å². The first-order valence-corrected chi connectivity index (χ1v) is 9.53. The number of aryl methyl sites for hydroxylation is 1. The minimum Gasteiger partial charge on any atom is -0.335 e. The third-order valence-corrected chi connectivity index (χ3v) is 5.64. The quantitative estimate of drug-likeness (QED) is 0.711. The Kier molecular flexibility index (Phi) is 4.57. The largest absolute Gasteiger partial charge is 0.335 e. The Morgan fingerprint density at radius 2 is 1.81 bits per heavy atom. The molecule has 1 saturated heterocycles. The molecule has 7 heteroatoms. The van der Waals surface area contributed by atoms with Gasteiger partial charge in [-0.3, -0.25) is 14.5 Å². The summed E-state index contributed by atoms with van der Waals surface area (Å²) in [6.45, 7) is 5.17. The highest BCUT2D eigenvalue weighted by Gasteiger charge is 2.23.